The van der Waals surface area contributed by atoms with Crippen molar-refractivity contribution in [3.05, 3.63) is 53.9 Å². The number of aromatic nitrogens is 4. The standard InChI is InChI=1S/C20H20N4O3S/c1-25-15-7-5-4-6-14(15)19-23-24-18(21-22-20(24)28-19)11-9-13-8-10-16(26-2)17(12-13)27-3/h4-8,10,12H,9,11H2,1-3H3. The molecule has 2 aromatic carbocycles. The number of benzene rings is 2. The molecule has 0 unspecified atom stereocenters. The van der Waals surface area contributed by atoms with E-state index in [1.165, 1.54) is 11.3 Å². The van der Waals surface area contributed by atoms with Gasteiger partial charge in [-0.15, -0.1) is 10.2 Å². The first kappa shape index (κ1) is 18.2. The van der Waals surface area contributed by atoms with E-state index in [1.807, 2.05) is 47.0 Å². The first-order valence-electron chi connectivity index (χ1n) is 8.79. The molecule has 2 heterocycles. The highest BCUT2D eigenvalue weighted by atomic mass is 32.1. The highest BCUT2D eigenvalue weighted by Crippen LogP contribution is 2.33. The Hall–Kier alpha value is -3.13. The molecule has 0 radical (unpaired) electrons. The van der Waals surface area contributed by atoms with Crippen LogP contribution in [0.25, 0.3) is 15.5 Å². The number of fused-ring (bicyclic) bond motifs is 1. The number of aryl methyl sites for hydroxylation is 2. The molecule has 8 heteroatoms. The first-order valence-corrected chi connectivity index (χ1v) is 9.60. The highest BCUT2D eigenvalue weighted by Gasteiger charge is 2.15. The number of methoxy groups -OCH3 is 3. The molecule has 7 nitrogen and oxygen atoms in total. The summed E-state index contributed by atoms with van der Waals surface area (Å²) in [5, 5.41) is 14.1. The number of hydrogen-bond donors (Lipinski definition) is 0. The van der Waals surface area contributed by atoms with Crippen LogP contribution in [0.1, 0.15) is 11.4 Å². The topological polar surface area (TPSA) is 70.8 Å². The number of nitrogens with zero attached hydrogens (tertiary/aromatic N) is 4. The fraction of sp³-hybridized carbons (Fsp3) is 0.250. The lowest BCUT2D eigenvalue weighted by atomic mass is 10.1. The van der Waals surface area contributed by atoms with Crippen LogP contribution in [0, 0.1) is 0 Å². The van der Waals surface area contributed by atoms with Gasteiger partial charge in [0.05, 0.1) is 26.9 Å². The van der Waals surface area contributed by atoms with Crippen molar-refractivity contribution in [3.63, 3.8) is 0 Å². The summed E-state index contributed by atoms with van der Waals surface area (Å²) in [6, 6.07) is 13.8. The lowest BCUT2D eigenvalue weighted by Crippen LogP contribution is -2.00. The Morgan fingerprint density at radius 3 is 2.43 bits per heavy atom. The molecular formula is C20H20N4O3S. The number of hydrogen-bond acceptors (Lipinski definition) is 7. The van der Waals surface area contributed by atoms with Gasteiger partial charge < -0.3 is 14.2 Å². The Bertz CT molecular complexity index is 1110. The van der Waals surface area contributed by atoms with Gasteiger partial charge in [0.1, 0.15) is 5.75 Å². The molecule has 4 rings (SSSR count). The smallest absolute Gasteiger partial charge is 0.234 e. The van der Waals surface area contributed by atoms with Crippen LogP contribution in [0.3, 0.4) is 0 Å². The summed E-state index contributed by atoms with van der Waals surface area (Å²) in [7, 11) is 4.93. The van der Waals surface area contributed by atoms with E-state index in [1.54, 1.807) is 21.3 Å². The molecule has 0 atom stereocenters. The second-order valence-corrected chi connectivity index (χ2v) is 7.06. The van der Waals surface area contributed by atoms with E-state index in [4.69, 9.17) is 19.3 Å². The van der Waals surface area contributed by atoms with Crippen LogP contribution in [0.5, 0.6) is 17.2 Å². The van der Waals surface area contributed by atoms with Gasteiger partial charge in [0.15, 0.2) is 22.3 Å². The Balaban J connectivity index is 1.58. The molecule has 0 spiro atoms. The monoisotopic (exact) mass is 396 g/mol. The molecule has 28 heavy (non-hydrogen) atoms. The van der Waals surface area contributed by atoms with Crippen LogP contribution >= 0.6 is 11.3 Å². The average molecular weight is 396 g/mol. The SMILES string of the molecule is COc1ccc(CCc2nnc3sc(-c4ccccc4OC)nn23)cc1OC. The van der Waals surface area contributed by atoms with E-state index in [0.29, 0.717) is 6.42 Å². The Morgan fingerprint density at radius 1 is 0.857 bits per heavy atom. The lowest BCUT2D eigenvalue weighted by molar-refractivity contribution is 0.354. The fourth-order valence-electron chi connectivity index (χ4n) is 3.04. The molecule has 4 aromatic rings. The van der Waals surface area contributed by atoms with Crippen LogP contribution in [0.2, 0.25) is 0 Å². The predicted molar refractivity (Wildman–Crippen MR) is 108 cm³/mol. The number of rotatable bonds is 7. The molecule has 0 saturated heterocycles. The van der Waals surface area contributed by atoms with Gasteiger partial charge in [-0.05, 0) is 36.2 Å². The molecule has 0 amide bonds. The van der Waals surface area contributed by atoms with Crippen molar-refractivity contribution in [1.29, 1.82) is 0 Å². The largest absolute Gasteiger partial charge is 0.496 e. The highest BCUT2D eigenvalue weighted by molar-refractivity contribution is 7.19. The van der Waals surface area contributed by atoms with Gasteiger partial charge in [-0.25, -0.2) is 0 Å². The molecule has 0 saturated carbocycles. The molecule has 144 valence electrons. The van der Waals surface area contributed by atoms with Gasteiger partial charge in [0.2, 0.25) is 4.96 Å². The van der Waals surface area contributed by atoms with Gasteiger partial charge >= 0.3 is 0 Å². The van der Waals surface area contributed by atoms with E-state index in [2.05, 4.69) is 10.2 Å². The van der Waals surface area contributed by atoms with E-state index in [9.17, 15) is 0 Å². The molecule has 0 bridgehead atoms. The van der Waals surface area contributed by atoms with Gasteiger partial charge in [0, 0.05) is 6.42 Å². The normalized spacial score (nSPS) is 11.0. The third-order valence-corrected chi connectivity index (χ3v) is 5.41. The summed E-state index contributed by atoms with van der Waals surface area (Å²) >= 11 is 1.50. The molecule has 0 aliphatic rings. The van der Waals surface area contributed by atoms with Crippen LogP contribution in [0.4, 0.5) is 0 Å². The summed E-state index contributed by atoms with van der Waals surface area (Å²) in [5.74, 6) is 3.05. The Labute approximate surface area is 166 Å². The maximum Gasteiger partial charge on any atom is 0.234 e. The number of para-hydroxylation sites is 1. The second-order valence-electron chi connectivity index (χ2n) is 6.11. The first-order chi connectivity index (χ1) is 13.7. The van der Waals surface area contributed by atoms with Crippen molar-refractivity contribution in [2.45, 2.75) is 12.8 Å². The van der Waals surface area contributed by atoms with Crippen molar-refractivity contribution in [1.82, 2.24) is 19.8 Å². The minimum absolute atomic E-state index is 0.714. The summed E-state index contributed by atoms with van der Waals surface area (Å²) < 4.78 is 17.9. The summed E-state index contributed by atoms with van der Waals surface area (Å²) in [6.45, 7) is 0. The quantitative estimate of drug-likeness (QED) is 0.475. The maximum absolute atomic E-state index is 5.45. The van der Waals surface area contributed by atoms with Gasteiger partial charge in [-0.1, -0.05) is 29.5 Å². The van der Waals surface area contributed by atoms with Crippen LogP contribution in [-0.2, 0) is 12.8 Å². The molecular weight excluding hydrogens is 376 g/mol. The van der Waals surface area contributed by atoms with Gasteiger partial charge in [-0.2, -0.15) is 9.61 Å². The molecule has 0 aliphatic carbocycles. The van der Waals surface area contributed by atoms with Crippen molar-refractivity contribution in [2.75, 3.05) is 21.3 Å². The molecule has 0 fully saturated rings. The van der Waals surface area contributed by atoms with Crippen LogP contribution in [0.15, 0.2) is 42.5 Å². The Morgan fingerprint density at radius 2 is 1.64 bits per heavy atom. The predicted octanol–water partition coefficient (Wildman–Crippen LogP) is 3.66. The summed E-state index contributed by atoms with van der Waals surface area (Å²) in [6.07, 6.45) is 1.51. The van der Waals surface area contributed by atoms with E-state index in [0.717, 1.165) is 50.6 Å². The minimum Gasteiger partial charge on any atom is -0.496 e. The van der Waals surface area contributed by atoms with Crippen molar-refractivity contribution in [3.8, 4) is 27.8 Å². The molecule has 2 aromatic heterocycles. The summed E-state index contributed by atoms with van der Waals surface area (Å²) in [5.41, 5.74) is 2.08. The zero-order valence-corrected chi connectivity index (χ0v) is 16.7. The minimum atomic E-state index is 0.714. The molecule has 0 aliphatic heterocycles. The Kier molecular flexibility index (Phi) is 5.12. The zero-order chi connectivity index (χ0) is 19.5. The van der Waals surface area contributed by atoms with Crippen molar-refractivity contribution >= 4 is 16.3 Å². The zero-order valence-electron chi connectivity index (χ0n) is 15.9. The van der Waals surface area contributed by atoms with Crippen molar-refractivity contribution in [2.24, 2.45) is 0 Å². The van der Waals surface area contributed by atoms with E-state index in [-0.39, 0.29) is 0 Å². The second kappa shape index (κ2) is 7.85. The average Bonchev–Trinajstić information content (AvgIpc) is 3.33. The van der Waals surface area contributed by atoms with Crippen LogP contribution < -0.4 is 14.2 Å². The van der Waals surface area contributed by atoms with Crippen molar-refractivity contribution < 1.29 is 14.2 Å². The lowest BCUT2D eigenvalue weighted by Gasteiger charge is -2.09. The number of ether oxygens (including phenoxy) is 3. The van der Waals surface area contributed by atoms with E-state index >= 15 is 0 Å². The maximum atomic E-state index is 5.45. The van der Waals surface area contributed by atoms with Gasteiger partial charge in [0.25, 0.3) is 0 Å². The fourth-order valence-corrected chi connectivity index (χ4v) is 3.92. The third-order valence-electron chi connectivity index (χ3n) is 4.48. The molecule has 0 N–H and O–H groups in total. The summed E-state index contributed by atoms with van der Waals surface area (Å²) in [4.78, 5) is 0.767. The van der Waals surface area contributed by atoms with E-state index < -0.39 is 0 Å². The third kappa shape index (κ3) is 3.38. The van der Waals surface area contributed by atoms with Gasteiger partial charge in [-0.3, -0.25) is 0 Å². The van der Waals surface area contributed by atoms with Crippen LogP contribution in [-0.4, -0.2) is 41.1 Å².